The van der Waals surface area contributed by atoms with Gasteiger partial charge < -0.3 is 9.90 Å². The molecule has 2 nitrogen and oxygen atoms in total. The summed E-state index contributed by atoms with van der Waals surface area (Å²) in [6.07, 6.45) is 5.45. The molecule has 0 aromatic carbocycles. The van der Waals surface area contributed by atoms with Crippen molar-refractivity contribution in [1.29, 1.82) is 0 Å². The van der Waals surface area contributed by atoms with Crippen molar-refractivity contribution in [2.75, 3.05) is 0 Å². The van der Waals surface area contributed by atoms with Gasteiger partial charge in [0.2, 0.25) is 0 Å². The van der Waals surface area contributed by atoms with E-state index in [1.54, 1.807) is 0 Å². The molecular weight excluding hydrogens is 168 g/mol. The fraction of sp³-hybridized carbons (Fsp3) is 1.00. The first kappa shape index (κ1) is 10.2. The third-order valence-corrected chi connectivity index (χ3v) is 3.98. The Hall–Kier alpha value is 0.137. The van der Waals surface area contributed by atoms with E-state index < -0.39 is 9.04 Å². The van der Waals surface area contributed by atoms with Gasteiger partial charge in [0, 0.05) is 0 Å². The Kier molecular flexibility index (Phi) is 4.25. The monoisotopic (exact) mass is 188 g/mol. The molecule has 3 heteroatoms. The molecule has 0 aromatic heterocycles. The highest BCUT2D eigenvalue weighted by atomic mass is 28.3. The van der Waals surface area contributed by atoms with Gasteiger partial charge in [-0.1, -0.05) is 6.42 Å². The molecular formula is C9H20O2Si. The summed E-state index contributed by atoms with van der Waals surface area (Å²) in [5.74, 6) is 0.787. The van der Waals surface area contributed by atoms with E-state index >= 15 is 0 Å². The Morgan fingerprint density at radius 2 is 1.83 bits per heavy atom. The van der Waals surface area contributed by atoms with Crippen LogP contribution in [0.2, 0.25) is 12.6 Å². The topological polar surface area (TPSA) is 40.5 Å². The van der Waals surface area contributed by atoms with Gasteiger partial charge in [-0.15, -0.1) is 0 Å². The van der Waals surface area contributed by atoms with E-state index in [2.05, 4.69) is 0 Å². The second-order valence-electron chi connectivity index (χ2n) is 4.10. The summed E-state index contributed by atoms with van der Waals surface area (Å²) in [7, 11) is -1.32. The molecule has 0 saturated heterocycles. The summed E-state index contributed by atoms with van der Waals surface area (Å²) >= 11 is 0. The van der Waals surface area contributed by atoms with Crippen LogP contribution in [0, 0.1) is 5.92 Å². The molecule has 1 fully saturated rings. The fourth-order valence-electron chi connectivity index (χ4n) is 1.91. The number of aliphatic hydroxyl groups is 1. The van der Waals surface area contributed by atoms with Gasteiger partial charge in [0.1, 0.15) is 0 Å². The van der Waals surface area contributed by atoms with E-state index in [4.69, 9.17) is 0 Å². The van der Waals surface area contributed by atoms with Crippen LogP contribution < -0.4 is 0 Å². The van der Waals surface area contributed by atoms with Crippen LogP contribution in [0.1, 0.15) is 32.1 Å². The second-order valence-corrected chi connectivity index (χ2v) is 6.38. The molecule has 1 aliphatic rings. The van der Waals surface area contributed by atoms with Crippen LogP contribution in [0.4, 0.5) is 0 Å². The average molecular weight is 188 g/mol. The van der Waals surface area contributed by atoms with Gasteiger partial charge in [0.25, 0.3) is 0 Å². The molecule has 0 aliphatic heterocycles. The van der Waals surface area contributed by atoms with Gasteiger partial charge in [-0.05, 0) is 44.2 Å². The van der Waals surface area contributed by atoms with Crippen LogP contribution in [-0.2, 0) is 0 Å². The van der Waals surface area contributed by atoms with Gasteiger partial charge >= 0.3 is 0 Å². The number of aliphatic hydroxyl groups excluding tert-OH is 1. The van der Waals surface area contributed by atoms with Crippen molar-refractivity contribution in [3.05, 3.63) is 0 Å². The molecule has 12 heavy (non-hydrogen) atoms. The maximum atomic E-state index is 9.26. The first-order chi connectivity index (χ1) is 5.68. The second kappa shape index (κ2) is 4.99. The zero-order chi connectivity index (χ0) is 8.97. The SMILES string of the molecule is C[SiH](O)CCC1CCC(O)CC1. The predicted octanol–water partition coefficient (Wildman–Crippen LogP) is 1.27. The quantitative estimate of drug-likeness (QED) is 0.655. The summed E-state index contributed by atoms with van der Waals surface area (Å²) < 4.78 is 0. The van der Waals surface area contributed by atoms with Gasteiger partial charge in [-0.3, -0.25) is 0 Å². The molecule has 1 atom stereocenters. The minimum atomic E-state index is -1.32. The van der Waals surface area contributed by atoms with Crippen molar-refractivity contribution in [2.24, 2.45) is 5.92 Å². The first-order valence-electron chi connectivity index (χ1n) is 5.04. The highest BCUT2D eigenvalue weighted by molar-refractivity contribution is 6.48. The van der Waals surface area contributed by atoms with E-state index in [0.717, 1.165) is 24.8 Å². The normalized spacial score (nSPS) is 33.2. The highest BCUT2D eigenvalue weighted by Crippen LogP contribution is 2.27. The molecule has 72 valence electrons. The standard InChI is InChI=1S/C9H20O2Si/c1-12(11)7-6-8-2-4-9(10)5-3-8/h8-12H,2-7H2,1H3. The Morgan fingerprint density at radius 3 is 2.33 bits per heavy atom. The van der Waals surface area contributed by atoms with Gasteiger partial charge in [-0.25, -0.2) is 0 Å². The molecule has 0 heterocycles. The average Bonchev–Trinajstić information content (AvgIpc) is 2.03. The zero-order valence-electron chi connectivity index (χ0n) is 7.87. The van der Waals surface area contributed by atoms with Crippen LogP contribution in [0.25, 0.3) is 0 Å². The summed E-state index contributed by atoms with van der Waals surface area (Å²) in [4.78, 5) is 9.22. The molecule has 2 N–H and O–H groups in total. The van der Waals surface area contributed by atoms with Crippen LogP contribution in [0.3, 0.4) is 0 Å². The molecule has 1 aliphatic carbocycles. The summed E-state index contributed by atoms with van der Waals surface area (Å²) in [5, 5.41) is 9.26. The lowest BCUT2D eigenvalue weighted by Crippen LogP contribution is -2.19. The van der Waals surface area contributed by atoms with Crippen LogP contribution >= 0.6 is 0 Å². The molecule has 0 aromatic rings. The summed E-state index contributed by atoms with van der Waals surface area (Å²) in [5.41, 5.74) is 0. The van der Waals surface area contributed by atoms with E-state index in [1.165, 1.54) is 19.3 Å². The molecule has 0 spiro atoms. The Bertz CT molecular complexity index is 120. The van der Waals surface area contributed by atoms with E-state index in [-0.39, 0.29) is 6.10 Å². The summed E-state index contributed by atoms with van der Waals surface area (Å²) in [6.45, 7) is 1.98. The predicted molar refractivity (Wildman–Crippen MR) is 52.6 cm³/mol. The molecule has 1 saturated carbocycles. The lowest BCUT2D eigenvalue weighted by Gasteiger charge is -2.25. The maximum absolute atomic E-state index is 9.26. The van der Waals surface area contributed by atoms with E-state index in [0.29, 0.717) is 0 Å². The molecule has 0 amide bonds. The van der Waals surface area contributed by atoms with Crippen molar-refractivity contribution in [1.82, 2.24) is 0 Å². The van der Waals surface area contributed by atoms with Crippen molar-refractivity contribution < 1.29 is 9.90 Å². The van der Waals surface area contributed by atoms with Crippen molar-refractivity contribution >= 4 is 9.04 Å². The number of hydrogen-bond acceptors (Lipinski definition) is 2. The molecule has 0 radical (unpaired) electrons. The first-order valence-corrected chi connectivity index (χ1v) is 7.53. The maximum Gasteiger partial charge on any atom is 0.169 e. The minimum Gasteiger partial charge on any atom is -0.435 e. The third-order valence-electron chi connectivity index (χ3n) is 2.81. The lowest BCUT2D eigenvalue weighted by molar-refractivity contribution is 0.107. The van der Waals surface area contributed by atoms with Crippen molar-refractivity contribution in [3.8, 4) is 0 Å². The molecule has 1 unspecified atom stereocenters. The smallest absolute Gasteiger partial charge is 0.169 e. The zero-order valence-corrected chi connectivity index (χ0v) is 9.02. The Morgan fingerprint density at radius 1 is 1.25 bits per heavy atom. The molecule has 0 bridgehead atoms. The highest BCUT2D eigenvalue weighted by Gasteiger charge is 2.19. The van der Waals surface area contributed by atoms with Crippen molar-refractivity contribution in [3.63, 3.8) is 0 Å². The van der Waals surface area contributed by atoms with Crippen LogP contribution in [0.15, 0.2) is 0 Å². The fourth-order valence-corrected chi connectivity index (χ4v) is 2.86. The summed E-state index contributed by atoms with van der Waals surface area (Å²) in [6, 6.07) is 1.06. The Labute approximate surface area is 76.3 Å². The van der Waals surface area contributed by atoms with E-state index in [9.17, 15) is 9.90 Å². The lowest BCUT2D eigenvalue weighted by atomic mass is 9.86. The number of rotatable bonds is 3. The van der Waals surface area contributed by atoms with Crippen molar-refractivity contribution in [2.45, 2.75) is 50.8 Å². The third kappa shape index (κ3) is 3.69. The van der Waals surface area contributed by atoms with E-state index in [1.807, 2.05) is 6.55 Å². The molecule has 1 rings (SSSR count). The van der Waals surface area contributed by atoms with Crippen LogP contribution in [0.5, 0.6) is 0 Å². The van der Waals surface area contributed by atoms with Crippen LogP contribution in [-0.4, -0.2) is 25.0 Å². The van der Waals surface area contributed by atoms with Gasteiger partial charge in [0.05, 0.1) is 6.10 Å². The Balaban J connectivity index is 2.09. The largest absolute Gasteiger partial charge is 0.435 e. The van der Waals surface area contributed by atoms with Gasteiger partial charge in [0.15, 0.2) is 9.04 Å². The van der Waals surface area contributed by atoms with Gasteiger partial charge in [-0.2, -0.15) is 0 Å². The number of hydrogen-bond donors (Lipinski definition) is 2. The minimum absolute atomic E-state index is 0.0370.